The first-order chi connectivity index (χ1) is 8.54. The molecule has 0 saturated heterocycles. The summed E-state index contributed by atoms with van der Waals surface area (Å²) in [5.74, 6) is -1.63. The fraction of sp³-hybridized carbons (Fsp3) is 0.250. The van der Waals surface area contributed by atoms with Crippen LogP contribution in [0.5, 0.6) is 0 Å². The number of carbonyl (C=O) groups excluding carboxylic acids is 1. The first-order valence-corrected chi connectivity index (χ1v) is 5.68. The minimum Gasteiger partial charge on any atom is -0.480 e. The number of amides is 1. The smallest absolute Gasteiger partial charge is 0.326 e. The summed E-state index contributed by atoms with van der Waals surface area (Å²) in [5, 5.41) is 11.8. The Kier molecular flexibility index (Phi) is 5.32. The Bertz CT molecular complexity index is 457. The van der Waals surface area contributed by atoms with Crippen LogP contribution in [-0.4, -0.2) is 28.0 Å². The second-order valence-electron chi connectivity index (χ2n) is 3.53. The minimum absolute atomic E-state index is 0.131. The van der Waals surface area contributed by atoms with E-state index >= 15 is 0 Å². The van der Waals surface area contributed by atoms with E-state index in [1.165, 1.54) is 18.3 Å². The van der Waals surface area contributed by atoms with Gasteiger partial charge in [0.25, 0.3) is 5.91 Å². The number of pyridine rings is 1. The van der Waals surface area contributed by atoms with Crippen molar-refractivity contribution in [2.24, 2.45) is 0 Å². The van der Waals surface area contributed by atoms with Gasteiger partial charge in [-0.2, -0.15) is 0 Å². The van der Waals surface area contributed by atoms with Crippen LogP contribution >= 0.6 is 11.6 Å². The molecule has 96 valence electrons. The lowest BCUT2D eigenvalue weighted by atomic mass is 10.2. The van der Waals surface area contributed by atoms with E-state index in [-0.39, 0.29) is 12.1 Å². The second kappa shape index (κ2) is 6.76. The van der Waals surface area contributed by atoms with E-state index in [0.29, 0.717) is 5.02 Å². The number of carboxylic acid groups (broad SMARTS) is 1. The van der Waals surface area contributed by atoms with Crippen LogP contribution in [0.2, 0.25) is 5.02 Å². The fourth-order valence-electron chi connectivity index (χ4n) is 1.24. The van der Waals surface area contributed by atoms with E-state index in [9.17, 15) is 9.59 Å². The summed E-state index contributed by atoms with van der Waals surface area (Å²) in [5.41, 5.74) is 0.131. The Balaban J connectivity index is 2.72. The van der Waals surface area contributed by atoms with Crippen LogP contribution in [0, 0.1) is 0 Å². The van der Waals surface area contributed by atoms with Gasteiger partial charge < -0.3 is 10.4 Å². The number of aliphatic carboxylic acids is 1. The number of carboxylic acids is 1. The average molecular weight is 269 g/mol. The molecule has 0 radical (unpaired) electrons. The highest BCUT2D eigenvalue weighted by molar-refractivity contribution is 6.30. The van der Waals surface area contributed by atoms with Gasteiger partial charge in [-0.1, -0.05) is 23.8 Å². The molecule has 1 rings (SSSR count). The number of rotatable bonds is 5. The third-order valence-corrected chi connectivity index (χ3v) is 2.39. The van der Waals surface area contributed by atoms with Gasteiger partial charge in [-0.25, -0.2) is 9.78 Å². The van der Waals surface area contributed by atoms with Gasteiger partial charge in [0.2, 0.25) is 0 Å². The fourth-order valence-corrected chi connectivity index (χ4v) is 1.35. The Hall–Kier alpha value is -1.88. The SMILES string of the molecule is C/C=C/CC(NC(=O)c1ccc(Cl)cn1)C(=O)O. The number of hydrogen-bond acceptors (Lipinski definition) is 3. The van der Waals surface area contributed by atoms with Gasteiger partial charge in [-0.3, -0.25) is 4.79 Å². The second-order valence-corrected chi connectivity index (χ2v) is 3.97. The molecule has 6 heteroatoms. The molecule has 1 heterocycles. The van der Waals surface area contributed by atoms with Crippen LogP contribution in [0.3, 0.4) is 0 Å². The van der Waals surface area contributed by atoms with Gasteiger partial charge in [0, 0.05) is 6.20 Å². The molecule has 1 aromatic heterocycles. The third kappa shape index (κ3) is 4.18. The molecule has 0 spiro atoms. The van der Waals surface area contributed by atoms with Gasteiger partial charge in [0.1, 0.15) is 11.7 Å². The molecule has 0 saturated carbocycles. The zero-order chi connectivity index (χ0) is 13.5. The zero-order valence-electron chi connectivity index (χ0n) is 9.76. The van der Waals surface area contributed by atoms with Crippen LogP contribution in [0.4, 0.5) is 0 Å². The largest absolute Gasteiger partial charge is 0.480 e. The van der Waals surface area contributed by atoms with Crippen LogP contribution < -0.4 is 5.32 Å². The van der Waals surface area contributed by atoms with Crippen LogP contribution in [0.25, 0.3) is 0 Å². The number of hydrogen-bond donors (Lipinski definition) is 2. The Morgan fingerprint density at radius 1 is 1.56 bits per heavy atom. The van der Waals surface area contributed by atoms with Crippen molar-refractivity contribution in [2.75, 3.05) is 0 Å². The maximum atomic E-state index is 11.7. The lowest BCUT2D eigenvalue weighted by Crippen LogP contribution is -2.40. The molecule has 18 heavy (non-hydrogen) atoms. The first kappa shape index (κ1) is 14.2. The number of aromatic nitrogens is 1. The molecule has 0 aromatic carbocycles. The maximum Gasteiger partial charge on any atom is 0.326 e. The number of nitrogens with zero attached hydrogens (tertiary/aromatic N) is 1. The highest BCUT2D eigenvalue weighted by atomic mass is 35.5. The quantitative estimate of drug-likeness (QED) is 0.799. The number of allylic oxidation sites excluding steroid dienone is 1. The summed E-state index contributed by atoms with van der Waals surface area (Å²) in [6.45, 7) is 1.78. The Labute approximate surface area is 109 Å². The van der Waals surface area contributed by atoms with Crippen molar-refractivity contribution in [1.82, 2.24) is 10.3 Å². The van der Waals surface area contributed by atoms with Crippen molar-refractivity contribution < 1.29 is 14.7 Å². The monoisotopic (exact) mass is 268 g/mol. The number of carbonyl (C=O) groups is 2. The van der Waals surface area contributed by atoms with Crippen molar-refractivity contribution in [1.29, 1.82) is 0 Å². The van der Waals surface area contributed by atoms with Crippen molar-refractivity contribution in [3.8, 4) is 0 Å². The van der Waals surface area contributed by atoms with Crippen molar-refractivity contribution in [2.45, 2.75) is 19.4 Å². The average Bonchev–Trinajstić information content (AvgIpc) is 2.34. The van der Waals surface area contributed by atoms with Gasteiger partial charge in [0.05, 0.1) is 5.02 Å². The van der Waals surface area contributed by atoms with Crippen molar-refractivity contribution in [3.05, 3.63) is 41.2 Å². The van der Waals surface area contributed by atoms with Gasteiger partial charge in [-0.05, 0) is 25.5 Å². The van der Waals surface area contributed by atoms with Crippen LogP contribution in [0.15, 0.2) is 30.5 Å². The van der Waals surface area contributed by atoms with E-state index in [2.05, 4.69) is 10.3 Å². The lowest BCUT2D eigenvalue weighted by molar-refractivity contribution is -0.139. The normalized spacial score (nSPS) is 12.3. The third-order valence-electron chi connectivity index (χ3n) is 2.17. The molecule has 2 N–H and O–H groups in total. The van der Waals surface area contributed by atoms with E-state index in [1.807, 2.05) is 0 Å². The summed E-state index contributed by atoms with van der Waals surface area (Å²) in [6.07, 6.45) is 4.96. The standard InChI is InChI=1S/C12H13ClN2O3/c1-2-3-4-10(12(17)18)15-11(16)9-6-5-8(13)7-14-9/h2-3,5-7,10H,4H2,1H3,(H,15,16)(H,17,18)/b3-2+. The van der Waals surface area contributed by atoms with Gasteiger partial charge in [0.15, 0.2) is 0 Å². The Morgan fingerprint density at radius 3 is 2.78 bits per heavy atom. The highest BCUT2D eigenvalue weighted by Gasteiger charge is 2.19. The zero-order valence-corrected chi connectivity index (χ0v) is 10.5. The molecule has 0 bridgehead atoms. The molecule has 1 amide bonds. The number of nitrogens with one attached hydrogen (secondary N) is 1. The molecule has 0 fully saturated rings. The van der Waals surface area contributed by atoms with E-state index in [0.717, 1.165) is 0 Å². The molecule has 5 nitrogen and oxygen atoms in total. The molecule has 0 aliphatic heterocycles. The number of halogens is 1. The molecule has 1 unspecified atom stereocenters. The topological polar surface area (TPSA) is 79.3 Å². The molecule has 0 aliphatic rings. The first-order valence-electron chi connectivity index (χ1n) is 5.31. The highest BCUT2D eigenvalue weighted by Crippen LogP contribution is 2.06. The maximum absolute atomic E-state index is 11.7. The lowest BCUT2D eigenvalue weighted by Gasteiger charge is -2.12. The molecule has 1 aromatic rings. The molecule has 1 atom stereocenters. The summed E-state index contributed by atoms with van der Waals surface area (Å²) in [4.78, 5) is 26.5. The summed E-state index contributed by atoms with van der Waals surface area (Å²) in [6, 6.07) is 1.99. The summed E-state index contributed by atoms with van der Waals surface area (Å²) >= 11 is 5.64. The van der Waals surface area contributed by atoms with Gasteiger partial charge in [-0.15, -0.1) is 0 Å². The van der Waals surface area contributed by atoms with Crippen molar-refractivity contribution in [3.63, 3.8) is 0 Å². The molecular weight excluding hydrogens is 256 g/mol. The minimum atomic E-state index is -1.09. The van der Waals surface area contributed by atoms with Crippen LogP contribution in [-0.2, 0) is 4.79 Å². The summed E-state index contributed by atoms with van der Waals surface area (Å²) < 4.78 is 0. The summed E-state index contributed by atoms with van der Waals surface area (Å²) in [7, 11) is 0. The van der Waals surface area contributed by atoms with E-state index < -0.39 is 17.9 Å². The van der Waals surface area contributed by atoms with E-state index in [1.54, 1.807) is 19.1 Å². The predicted molar refractivity (Wildman–Crippen MR) is 67.6 cm³/mol. The molecule has 0 aliphatic carbocycles. The van der Waals surface area contributed by atoms with Crippen molar-refractivity contribution >= 4 is 23.5 Å². The Morgan fingerprint density at radius 2 is 2.28 bits per heavy atom. The van der Waals surface area contributed by atoms with Gasteiger partial charge >= 0.3 is 5.97 Å². The molecular formula is C12H13ClN2O3. The predicted octanol–water partition coefficient (Wildman–Crippen LogP) is 1.88. The van der Waals surface area contributed by atoms with E-state index in [4.69, 9.17) is 16.7 Å². The van der Waals surface area contributed by atoms with Crippen LogP contribution in [0.1, 0.15) is 23.8 Å².